The van der Waals surface area contributed by atoms with Gasteiger partial charge in [-0.2, -0.15) is 0 Å². The third kappa shape index (κ3) is 8.59. The monoisotopic (exact) mass is 370 g/mol. The molecule has 0 bridgehead atoms. The molecule has 0 saturated heterocycles. The molecule has 0 amide bonds. The van der Waals surface area contributed by atoms with Crippen molar-refractivity contribution >= 4 is 11.9 Å². The Morgan fingerprint density at radius 2 is 0.778 bits per heavy atom. The summed E-state index contributed by atoms with van der Waals surface area (Å²) in [6.07, 6.45) is 0. The minimum atomic E-state index is -0.879. The Labute approximate surface area is 155 Å². The Hall–Kier alpha value is -4.00. The van der Waals surface area contributed by atoms with Gasteiger partial charge in [0.2, 0.25) is 0 Å². The lowest BCUT2D eigenvalue weighted by Crippen LogP contribution is -1.93. The van der Waals surface area contributed by atoms with Gasteiger partial charge in [0.15, 0.2) is 0 Å². The van der Waals surface area contributed by atoms with Gasteiger partial charge in [-0.05, 0) is 24.3 Å². The van der Waals surface area contributed by atoms with Crippen LogP contribution in [-0.4, -0.2) is 37.5 Å². The molecule has 5 N–H and O–H groups in total. The van der Waals surface area contributed by atoms with E-state index in [-0.39, 0.29) is 17.2 Å². The minimum Gasteiger partial charge on any atom is -0.508 e. The number of carboxylic acids is 2. The summed E-state index contributed by atoms with van der Waals surface area (Å²) in [5, 5.41) is 42.8. The normalized spacial score (nSPS) is 9.04. The zero-order valence-electron chi connectivity index (χ0n) is 14.1. The Bertz CT molecular complexity index is 762. The van der Waals surface area contributed by atoms with Crippen LogP contribution in [0, 0.1) is 0 Å². The van der Waals surface area contributed by atoms with Crippen LogP contribution in [-0.2, 0) is 0 Å². The zero-order valence-corrected chi connectivity index (χ0v) is 14.1. The minimum absolute atomic E-state index is 0.146. The van der Waals surface area contributed by atoms with E-state index < -0.39 is 11.9 Å². The summed E-state index contributed by atoms with van der Waals surface area (Å²) in [5.74, 6) is -2.20. The van der Waals surface area contributed by atoms with Crippen LogP contribution in [0.5, 0.6) is 17.2 Å². The topological polar surface area (TPSA) is 135 Å². The van der Waals surface area contributed by atoms with E-state index in [0.29, 0.717) is 11.1 Å². The van der Waals surface area contributed by atoms with Crippen molar-refractivity contribution in [3.63, 3.8) is 0 Å². The quantitative estimate of drug-likeness (QED) is 0.465. The van der Waals surface area contributed by atoms with Gasteiger partial charge in [0.05, 0.1) is 11.1 Å². The maximum absolute atomic E-state index is 10.2. The number of phenolic OH excluding ortho intramolecular Hbond substituents is 3. The Balaban J connectivity index is 0.000000202. The fourth-order valence-electron chi connectivity index (χ4n) is 1.74. The SMILES string of the molecule is O=C(O)c1ccccc1.O=C(O)c1ccccc1.Oc1cc(O)cc(O)c1. The molecule has 0 aromatic heterocycles. The molecule has 0 radical (unpaired) electrons. The summed E-state index contributed by atoms with van der Waals surface area (Å²) in [7, 11) is 0. The molecule has 0 fully saturated rings. The van der Waals surface area contributed by atoms with Gasteiger partial charge in [-0.3, -0.25) is 0 Å². The smallest absolute Gasteiger partial charge is 0.335 e. The molecule has 0 aliphatic carbocycles. The highest BCUT2D eigenvalue weighted by Crippen LogP contribution is 2.23. The predicted molar refractivity (Wildman–Crippen MR) is 98.2 cm³/mol. The van der Waals surface area contributed by atoms with Crippen LogP contribution < -0.4 is 0 Å². The van der Waals surface area contributed by atoms with Crippen molar-refractivity contribution in [2.24, 2.45) is 0 Å². The molecule has 0 aliphatic rings. The molecule has 0 heterocycles. The van der Waals surface area contributed by atoms with Gasteiger partial charge >= 0.3 is 11.9 Å². The average Bonchev–Trinajstić information content (AvgIpc) is 2.63. The van der Waals surface area contributed by atoms with Crippen LogP contribution in [0.25, 0.3) is 0 Å². The average molecular weight is 370 g/mol. The highest BCUT2D eigenvalue weighted by Gasteiger charge is 1.97. The Morgan fingerprint density at radius 3 is 0.963 bits per heavy atom. The van der Waals surface area contributed by atoms with Crippen LogP contribution in [0.15, 0.2) is 78.9 Å². The summed E-state index contributed by atoms with van der Waals surface area (Å²) >= 11 is 0. The van der Waals surface area contributed by atoms with Gasteiger partial charge in [0.1, 0.15) is 17.2 Å². The van der Waals surface area contributed by atoms with Gasteiger partial charge in [-0.25, -0.2) is 9.59 Å². The van der Waals surface area contributed by atoms with Gasteiger partial charge in [0, 0.05) is 18.2 Å². The van der Waals surface area contributed by atoms with Crippen molar-refractivity contribution < 1.29 is 35.1 Å². The highest BCUT2D eigenvalue weighted by molar-refractivity contribution is 5.87. The van der Waals surface area contributed by atoms with E-state index in [1.165, 1.54) is 0 Å². The van der Waals surface area contributed by atoms with Crippen molar-refractivity contribution in [3.05, 3.63) is 90.0 Å². The van der Waals surface area contributed by atoms with E-state index in [1.54, 1.807) is 60.7 Å². The van der Waals surface area contributed by atoms with Crippen LogP contribution >= 0.6 is 0 Å². The van der Waals surface area contributed by atoms with E-state index in [1.807, 2.05) is 0 Å². The second-order valence-corrected chi connectivity index (χ2v) is 5.05. The van der Waals surface area contributed by atoms with E-state index in [9.17, 15) is 9.59 Å². The second-order valence-electron chi connectivity index (χ2n) is 5.05. The molecule has 7 nitrogen and oxygen atoms in total. The molecule has 27 heavy (non-hydrogen) atoms. The van der Waals surface area contributed by atoms with E-state index in [0.717, 1.165) is 18.2 Å². The number of carbonyl (C=O) groups is 2. The van der Waals surface area contributed by atoms with E-state index in [2.05, 4.69) is 0 Å². The second kappa shape index (κ2) is 10.8. The Morgan fingerprint density at radius 1 is 0.519 bits per heavy atom. The number of benzene rings is 3. The number of hydrogen-bond acceptors (Lipinski definition) is 5. The van der Waals surface area contributed by atoms with Gasteiger partial charge in [-0.15, -0.1) is 0 Å². The third-order valence-corrected chi connectivity index (χ3v) is 2.93. The summed E-state index contributed by atoms with van der Waals surface area (Å²) in [5.41, 5.74) is 0.662. The zero-order chi connectivity index (χ0) is 20.2. The predicted octanol–water partition coefficient (Wildman–Crippen LogP) is 3.57. The fraction of sp³-hybridized carbons (Fsp3) is 0. The van der Waals surface area contributed by atoms with Crippen LogP contribution in [0.2, 0.25) is 0 Å². The third-order valence-electron chi connectivity index (χ3n) is 2.93. The van der Waals surface area contributed by atoms with E-state index in [4.69, 9.17) is 25.5 Å². The van der Waals surface area contributed by atoms with Crippen molar-refractivity contribution in [3.8, 4) is 17.2 Å². The first-order chi connectivity index (χ1) is 12.8. The van der Waals surface area contributed by atoms with Gasteiger partial charge in [-0.1, -0.05) is 36.4 Å². The molecule has 0 atom stereocenters. The lowest BCUT2D eigenvalue weighted by Gasteiger charge is -1.94. The molecular weight excluding hydrogens is 352 g/mol. The maximum Gasteiger partial charge on any atom is 0.335 e. The summed E-state index contributed by atoms with van der Waals surface area (Å²) in [4.78, 5) is 20.4. The number of hydrogen-bond donors (Lipinski definition) is 5. The van der Waals surface area contributed by atoms with Crippen LogP contribution in [0.3, 0.4) is 0 Å². The number of phenols is 3. The lowest BCUT2D eigenvalue weighted by atomic mass is 10.2. The lowest BCUT2D eigenvalue weighted by molar-refractivity contribution is 0.0686. The highest BCUT2D eigenvalue weighted by atomic mass is 16.4. The molecule has 3 rings (SSSR count). The standard InChI is InChI=1S/2C7H6O2.C6H6O3/c2*8-7(9)6-4-2-1-3-5-6;7-4-1-5(8)3-6(9)2-4/h2*1-5H,(H,8,9);1-3,7-9H. The Kier molecular flexibility index (Phi) is 8.40. The molecule has 3 aromatic carbocycles. The van der Waals surface area contributed by atoms with Crippen molar-refractivity contribution in [2.75, 3.05) is 0 Å². The molecule has 0 unspecified atom stereocenters. The maximum atomic E-state index is 10.2. The molecule has 140 valence electrons. The molecular formula is C20H18O7. The molecule has 0 aliphatic heterocycles. The molecule has 3 aromatic rings. The molecule has 7 heteroatoms. The largest absolute Gasteiger partial charge is 0.508 e. The van der Waals surface area contributed by atoms with Crippen LogP contribution in [0.4, 0.5) is 0 Å². The number of aromatic carboxylic acids is 2. The van der Waals surface area contributed by atoms with Crippen molar-refractivity contribution in [1.82, 2.24) is 0 Å². The van der Waals surface area contributed by atoms with Crippen molar-refractivity contribution in [1.29, 1.82) is 0 Å². The summed E-state index contributed by atoms with van der Waals surface area (Å²) in [6.45, 7) is 0. The first kappa shape index (κ1) is 21.0. The molecule has 0 spiro atoms. The van der Waals surface area contributed by atoms with Crippen LogP contribution in [0.1, 0.15) is 20.7 Å². The van der Waals surface area contributed by atoms with Gasteiger partial charge < -0.3 is 25.5 Å². The fourth-order valence-corrected chi connectivity index (χ4v) is 1.74. The van der Waals surface area contributed by atoms with Gasteiger partial charge in [0.25, 0.3) is 0 Å². The number of rotatable bonds is 2. The number of carboxylic acid groups (broad SMARTS) is 2. The summed E-state index contributed by atoms with van der Waals surface area (Å²) < 4.78 is 0. The summed E-state index contributed by atoms with van der Waals surface area (Å²) in [6, 6.07) is 20.0. The van der Waals surface area contributed by atoms with E-state index >= 15 is 0 Å². The first-order valence-corrected chi connectivity index (χ1v) is 7.58. The molecule has 0 saturated carbocycles. The number of aromatic hydroxyl groups is 3. The van der Waals surface area contributed by atoms with Crippen molar-refractivity contribution in [2.45, 2.75) is 0 Å². The first-order valence-electron chi connectivity index (χ1n) is 7.58.